The number of rotatable bonds is 4. The third-order valence-electron chi connectivity index (χ3n) is 6.63. The van der Waals surface area contributed by atoms with Gasteiger partial charge in [-0.05, 0) is 58.3 Å². The van der Waals surface area contributed by atoms with Gasteiger partial charge in [0.2, 0.25) is 11.7 Å². The minimum Gasteiger partial charge on any atom is -0.355 e. The summed E-state index contributed by atoms with van der Waals surface area (Å²) in [6.07, 6.45) is 3.76. The number of piperidine rings is 1. The number of hydrogen-bond donors (Lipinski definition) is 0. The van der Waals surface area contributed by atoms with Crippen LogP contribution in [0.5, 0.6) is 0 Å². The van der Waals surface area contributed by atoms with Crippen LogP contribution >= 0.6 is 0 Å². The second kappa shape index (κ2) is 9.25. The molecule has 0 spiro atoms. The van der Waals surface area contributed by atoms with Gasteiger partial charge in [-0.3, -0.25) is 4.90 Å². The summed E-state index contributed by atoms with van der Waals surface area (Å²) in [6.45, 7) is 17.6. The molecule has 4 heterocycles. The Morgan fingerprint density at radius 3 is 2.42 bits per heavy atom. The molecule has 0 aliphatic carbocycles. The molecular weight excluding hydrogens is 388 g/mol. The SMILES string of the molecule is CC(C)N1CCC(N2CCCN(c3cccc(-c4noc(C(C)(C)C)n4)n3)CC2)CC1. The summed E-state index contributed by atoms with van der Waals surface area (Å²) >= 11 is 0. The van der Waals surface area contributed by atoms with E-state index in [1.165, 1.54) is 38.9 Å². The molecule has 2 aromatic rings. The first-order chi connectivity index (χ1) is 14.8. The molecule has 0 unspecified atom stereocenters. The highest BCUT2D eigenvalue weighted by Crippen LogP contribution is 2.25. The zero-order valence-electron chi connectivity index (χ0n) is 19.8. The topological polar surface area (TPSA) is 61.5 Å². The molecule has 0 aromatic carbocycles. The second-order valence-corrected chi connectivity index (χ2v) is 10.3. The molecule has 2 fully saturated rings. The van der Waals surface area contributed by atoms with Crippen molar-refractivity contribution in [2.75, 3.05) is 44.2 Å². The van der Waals surface area contributed by atoms with E-state index in [0.717, 1.165) is 37.2 Å². The lowest BCUT2D eigenvalue weighted by molar-refractivity contribution is 0.0965. The van der Waals surface area contributed by atoms with E-state index in [2.05, 4.69) is 71.6 Å². The van der Waals surface area contributed by atoms with E-state index in [4.69, 9.17) is 9.51 Å². The zero-order chi connectivity index (χ0) is 22.0. The van der Waals surface area contributed by atoms with Gasteiger partial charge in [-0.25, -0.2) is 4.98 Å². The van der Waals surface area contributed by atoms with Gasteiger partial charge in [0.1, 0.15) is 11.5 Å². The second-order valence-electron chi connectivity index (χ2n) is 10.3. The van der Waals surface area contributed by atoms with Crippen molar-refractivity contribution in [2.45, 2.75) is 71.4 Å². The first-order valence-corrected chi connectivity index (χ1v) is 11.9. The summed E-state index contributed by atoms with van der Waals surface area (Å²) in [5.41, 5.74) is 0.613. The average molecular weight is 427 g/mol. The van der Waals surface area contributed by atoms with E-state index in [0.29, 0.717) is 17.8 Å². The highest BCUT2D eigenvalue weighted by molar-refractivity contribution is 5.53. The van der Waals surface area contributed by atoms with E-state index in [-0.39, 0.29) is 5.41 Å². The smallest absolute Gasteiger partial charge is 0.232 e. The van der Waals surface area contributed by atoms with Crippen LogP contribution < -0.4 is 4.90 Å². The number of anilines is 1. The van der Waals surface area contributed by atoms with Crippen molar-refractivity contribution >= 4 is 5.82 Å². The fraction of sp³-hybridized carbons (Fsp3) is 0.708. The van der Waals surface area contributed by atoms with Crippen LogP contribution in [0.4, 0.5) is 5.82 Å². The summed E-state index contributed by atoms with van der Waals surface area (Å²) in [4.78, 5) is 17.2. The first kappa shape index (κ1) is 22.2. The van der Waals surface area contributed by atoms with Crippen molar-refractivity contribution in [3.8, 4) is 11.5 Å². The molecule has 2 aromatic heterocycles. The monoisotopic (exact) mass is 426 g/mol. The third-order valence-corrected chi connectivity index (χ3v) is 6.63. The molecule has 170 valence electrons. The molecule has 2 saturated heterocycles. The fourth-order valence-electron chi connectivity index (χ4n) is 4.66. The number of pyridine rings is 1. The Morgan fingerprint density at radius 1 is 0.968 bits per heavy atom. The standard InChI is InChI=1S/C24H38N6O/c1-18(2)28-14-10-19(11-15-28)29-12-7-13-30(17-16-29)21-9-6-8-20(25-21)22-26-23(31-27-22)24(3,4)5/h6,8-9,18-19H,7,10-17H2,1-5H3. The minimum absolute atomic E-state index is 0.164. The highest BCUT2D eigenvalue weighted by Gasteiger charge is 2.28. The summed E-state index contributed by atoms with van der Waals surface area (Å²) in [6, 6.07) is 7.51. The summed E-state index contributed by atoms with van der Waals surface area (Å²) in [5, 5.41) is 4.17. The normalized spacial score (nSPS) is 20.4. The van der Waals surface area contributed by atoms with Gasteiger partial charge in [0.15, 0.2) is 0 Å². The molecule has 0 N–H and O–H groups in total. The molecule has 7 heteroatoms. The van der Waals surface area contributed by atoms with Crippen molar-refractivity contribution in [2.24, 2.45) is 0 Å². The molecule has 0 bridgehead atoms. The molecule has 0 saturated carbocycles. The van der Waals surface area contributed by atoms with Crippen molar-refractivity contribution < 1.29 is 4.52 Å². The van der Waals surface area contributed by atoms with Crippen molar-refractivity contribution in [3.63, 3.8) is 0 Å². The van der Waals surface area contributed by atoms with Crippen molar-refractivity contribution in [3.05, 3.63) is 24.1 Å². The maximum Gasteiger partial charge on any atom is 0.232 e. The van der Waals surface area contributed by atoms with Gasteiger partial charge in [-0.15, -0.1) is 0 Å². The molecule has 0 radical (unpaired) electrons. The van der Waals surface area contributed by atoms with Crippen LogP contribution in [0.15, 0.2) is 22.7 Å². The Kier molecular flexibility index (Phi) is 6.63. The molecule has 0 atom stereocenters. The lowest BCUT2D eigenvalue weighted by atomic mass is 9.97. The Bertz CT molecular complexity index is 850. The minimum atomic E-state index is -0.164. The van der Waals surface area contributed by atoms with Crippen molar-refractivity contribution in [1.29, 1.82) is 0 Å². The highest BCUT2D eigenvalue weighted by atomic mass is 16.5. The predicted octanol–water partition coefficient (Wildman–Crippen LogP) is 3.81. The Hall–Kier alpha value is -1.99. The van der Waals surface area contributed by atoms with E-state index in [1.54, 1.807) is 0 Å². The first-order valence-electron chi connectivity index (χ1n) is 11.9. The summed E-state index contributed by atoms with van der Waals surface area (Å²) < 4.78 is 5.47. The molecule has 0 amide bonds. The van der Waals surface area contributed by atoms with Gasteiger partial charge in [0.25, 0.3) is 0 Å². The predicted molar refractivity (Wildman–Crippen MR) is 124 cm³/mol. The Labute approximate surface area is 186 Å². The van der Waals surface area contributed by atoms with E-state index >= 15 is 0 Å². The molecule has 4 rings (SSSR count). The number of likely N-dealkylation sites (tertiary alicyclic amines) is 1. The summed E-state index contributed by atoms with van der Waals surface area (Å²) in [7, 11) is 0. The maximum atomic E-state index is 5.47. The third kappa shape index (κ3) is 5.26. The van der Waals surface area contributed by atoms with Gasteiger partial charge >= 0.3 is 0 Å². The quantitative estimate of drug-likeness (QED) is 0.736. The summed E-state index contributed by atoms with van der Waals surface area (Å²) in [5.74, 6) is 2.22. The average Bonchev–Trinajstić information content (AvgIpc) is 3.14. The lowest BCUT2D eigenvalue weighted by Crippen LogP contribution is -2.47. The largest absolute Gasteiger partial charge is 0.355 e. The Balaban J connectivity index is 1.40. The van der Waals surface area contributed by atoms with Gasteiger partial charge in [0.05, 0.1) is 0 Å². The van der Waals surface area contributed by atoms with Crippen LogP contribution in [0, 0.1) is 0 Å². The maximum absolute atomic E-state index is 5.47. The van der Waals surface area contributed by atoms with Gasteiger partial charge < -0.3 is 14.3 Å². The molecule has 2 aliphatic heterocycles. The van der Waals surface area contributed by atoms with E-state index < -0.39 is 0 Å². The molecule has 31 heavy (non-hydrogen) atoms. The van der Waals surface area contributed by atoms with Crippen LogP contribution in [0.2, 0.25) is 0 Å². The molecule has 2 aliphatic rings. The lowest BCUT2D eigenvalue weighted by Gasteiger charge is -2.39. The van der Waals surface area contributed by atoms with Crippen LogP contribution in [0.1, 0.15) is 59.8 Å². The van der Waals surface area contributed by atoms with Crippen LogP contribution in [-0.2, 0) is 5.41 Å². The van der Waals surface area contributed by atoms with Crippen LogP contribution in [0.25, 0.3) is 11.5 Å². The van der Waals surface area contributed by atoms with E-state index in [1.807, 2.05) is 6.07 Å². The van der Waals surface area contributed by atoms with Crippen LogP contribution in [-0.4, -0.2) is 76.3 Å². The number of aromatic nitrogens is 3. The van der Waals surface area contributed by atoms with Crippen molar-refractivity contribution in [1.82, 2.24) is 24.9 Å². The van der Waals surface area contributed by atoms with Gasteiger partial charge in [-0.2, -0.15) is 4.98 Å². The fourth-order valence-corrected chi connectivity index (χ4v) is 4.66. The number of hydrogen-bond acceptors (Lipinski definition) is 7. The zero-order valence-corrected chi connectivity index (χ0v) is 19.8. The number of nitrogens with zero attached hydrogens (tertiary/aromatic N) is 6. The Morgan fingerprint density at radius 2 is 1.74 bits per heavy atom. The van der Waals surface area contributed by atoms with Gasteiger partial charge in [-0.1, -0.05) is 32.0 Å². The molecular formula is C24H38N6O. The van der Waals surface area contributed by atoms with Gasteiger partial charge in [0, 0.05) is 43.7 Å². The molecule has 7 nitrogen and oxygen atoms in total. The van der Waals surface area contributed by atoms with Crippen LogP contribution in [0.3, 0.4) is 0 Å². The van der Waals surface area contributed by atoms with E-state index in [9.17, 15) is 0 Å².